The van der Waals surface area contributed by atoms with E-state index >= 15 is 0 Å². The molecule has 0 unspecified atom stereocenters. The van der Waals surface area contributed by atoms with Crippen LogP contribution in [0, 0.1) is 0 Å². The number of ether oxygens (including phenoxy) is 1. The van der Waals surface area contributed by atoms with E-state index in [1.165, 1.54) is 19.2 Å². The van der Waals surface area contributed by atoms with Crippen molar-refractivity contribution in [2.75, 3.05) is 7.11 Å². The molecular weight excluding hydrogens is 252 g/mol. The number of hydrogen-bond donors (Lipinski definition) is 3. The van der Waals surface area contributed by atoms with E-state index in [4.69, 9.17) is 5.11 Å². The van der Waals surface area contributed by atoms with Gasteiger partial charge in [-0.15, -0.1) is 0 Å². The molecule has 2 rings (SSSR count). The van der Waals surface area contributed by atoms with Gasteiger partial charge in [0.25, 0.3) is 0 Å². The van der Waals surface area contributed by atoms with Gasteiger partial charge in [0.1, 0.15) is 11.5 Å². The number of benzene rings is 2. The summed E-state index contributed by atoms with van der Waals surface area (Å²) in [5.41, 5.74) is -0.230. The normalized spacial score (nSPS) is 10.4. The molecule has 0 radical (unpaired) electrons. The van der Waals surface area contributed by atoms with Crippen molar-refractivity contribution in [2.24, 2.45) is 0 Å². The Kier molecular flexibility index (Phi) is 3.00. The Balaban J connectivity index is 2.97. The van der Waals surface area contributed by atoms with Crippen LogP contribution >= 0.6 is 0 Å². The number of carboxylic acids is 1. The Morgan fingerprint density at radius 3 is 1.89 bits per heavy atom. The molecule has 2 aromatic carbocycles. The Morgan fingerprint density at radius 1 is 0.947 bits per heavy atom. The number of hydrogen-bond acceptors (Lipinski definition) is 5. The van der Waals surface area contributed by atoms with E-state index in [0.717, 1.165) is 12.1 Å². The summed E-state index contributed by atoms with van der Waals surface area (Å²) in [6.07, 6.45) is 0. The fourth-order valence-electron chi connectivity index (χ4n) is 1.92. The highest BCUT2D eigenvalue weighted by Crippen LogP contribution is 2.36. The van der Waals surface area contributed by atoms with Gasteiger partial charge in [-0.25, -0.2) is 9.59 Å². The summed E-state index contributed by atoms with van der Waals surface area (Å²) in [7, 11) is 1.17. The van der Waals surface area contributed by atoms with E-state index in [1.54, 1.807) is 0 Å². The van der Waals surface area contributed by atoms with Crippen LogP contribution in [0.5, 0.6) is 11.5 Å². The fraction of sp³-hybridized carbons (Fsp3) is 0.0769. The summed E-state index contributed by atoms with van der Waals surface area (Å²) in [5, 5.41) is 28.5. The highest BCUT2D eigenvalue weighted by molar-refractivity contribution is 6.15. The smallest absolute Gasteiger partial charge is 0.338 e. The summed E-state index contributed by atoms with van der Waals surface area (Å²) >= 11 is 0. The molecule has 0 bridgehead atoms. The molecule has 6 nitrogen and oxygen atoms in total. The second-order valence-electron chi connectivity index (χ2n) is 3.81. The average molecular weight is 262 g/mol. The molecule has 0 aliphatic rings. The number of aromatic carboxylic acids is 1. The van der Waals surface area contributed by atoms with Crippen molar-refractivity contribution in [3.63, 3.8) is 0 Å². The zero-order valence-corrected chi connectivity index (χ0v) is 9.88. The summed E-state index contributed by atoms with van der Waals surface area (Å²) in [4.78, 5) is 22.7. The standard InChI is InChI=1S/C13H10O6/c1-19-13(18)7-3-5-8(14)10-6(12(16)17)2-4-9(15)11(7)10/h2-5,14-15H,1H3,(H,16,17). The molecule has 0 amide bonds. The number of methoxy groups -OCH3 is 1. The van der Waals surface area contributed by atoms with E-state index in [1.807, 2.05) is 0 Å². The Bertz CT molecular complexity index is 689. The van der Waals surface area contributed by atoms with E-state index in [-0.39, 0.29) is 33.4 Å². The van der Waals surface area contributed by atoms with Gasteiger partial charge < -0.3 is 20.1 Å². The predicted molar refractivity (Wildman–Crippen MR) is 65.6 cm³/mol. The largest absolute Gasteiger partial charge is 0.507 e. The third-order valence-corrected chi connectivity index (χ3v) is 2.75. The molecule has 0 aromatic heterocycles. The Morgan fingerprint density at radius 2 is 1.42 bits per heavy atom. The lowest BCUT2D eigenvalue weighted by Gasteiger charge is -2.10. The van der Waals surface area contributed by atoms with E-state index in [0.29, 0.717) is 0 Å². The molecular formula is C13H10O6. The fourth-order valence-corrected chi connectivity index (χ4v) is 1.92. The lowest BCUT2D eigenvalue weighted by Crippen LogP contribution is -2.04. The predicted octanol–water partition coefficient (Wildman–Crippen LogP) is 1.74. The second-order valence-corrected chi connectivity index (χ2v) is 3.81. The molecule has 0 aliphatic carbocycles. The quantitative estimate of drug-likeness (QED) is 0.712. The van der Waals surface area contributed by atoms with Crippen molar-refractivity contribution in [2.45, 2.75) is 0 Å². The molecule has 98 valence electrons. The molecule has 6 heteroatoms. The first kappa shape index (κ1) is 12.7. The topological polar surface area (TPSA) is 104 Å². The number of aromatic hydroxyl groups is 2. The Hall–Kier alpha value is -2.76. The summed E-state index contributed by atoms with van der Waals surface area (Å²) in [5.74, 6) is -2.66. The van der Waals surface area contributed by atoms with Crippen LogP contribution in [-0.4, -0.2) is 34.4 Å². The zero-order valence-electron chi connectivity index (χ0n) is 9.88. The van der Waals surface area contributed by atoms with Gasteiger partial charge in [-0.05, 0) is 24.3 Å². The van der Waals surface area contributed by atoms with Crippen molar-refractivity contribution < 1.29 is 29.6 Å². The first-order chi connectivity index (χ1) is 8.97. The molecule has 0 atom stereocenters. The van der Waals surface area contributed by atoms with E-state index in [2.05, 4.69) is 4.74 Å². The van der Waals surface area contributed by atoms with Crippen LogP contribution in [0.15, 0.2) is 24.3 Å². The highest BCUT2D eigenvalue weighted by atomic mass is 16.5. The number of fused-ring (bicyclic) bond motifs is 1. The number of rotatable bonds is 2. The number of carbonyl (C=O) groups is 2. The van der Waals surface area contributed by atoms with Crippen LogP contribution in [0.25, 0.3) is 10.8 Å². The van der Waals surface area contributed by atoms with Crippen LogP contribution in [0.4, 0.5) is 0 Å². The van der Waals surface area contributed by atoms with Gasteiger partial charge >= 0.3 is 11.9 Å². The van der Waals surface area contributed by atoms with Crippen molar-refractivity contribution in [3.05, 3.63) is 35.4 Å². The van der Waals surface area contributed by atoms with Gasteiger partial charge in [-0.2, -0.15) is 0 Å². The lowest BCUT2D eigenvalue weighted by molar-refractivity contribution is 0.0601. The monoisotopic (exact) mass is 262 g/mol. The molecule has 0 aliphatic heterocycles. The summed E-state index contributed by atoms with van der Waals surface area (Å²) < 4.78 is 4.56. The van der Waals surface area contributed by atoms with Crippen LogP contribution in [-0.2, 0) is 4.74 Å². The third kappa shape index (κ3) is 1.93. The zero-order chi connectivity index (χ0) is 14.2. The maximum absolute atomic E-state index is 11.6. The van der Waals surface area contributed by atoms with Gasteiger partial charge in [0, 0.05) is 10.8 Å². The molecule has 2 aromatic rings. The number of phenols is 2. The maximum Gasteiger partial charge on any atom is 0.338 e. The van der Waals surface area contributed by atoms with Crippen molar-refractivity contribution in [1.82, 2.24) is 0 Å². The van der Waals surface area contributed by atoms with Crippen LogP contribution in [0.2, 0.25) is 0 Å². The molecule has 19 heavy (non-hydrogen) atoms. The molecule has 0 spiro atoms. The molecule has 0 fully saturated rings. The number of esters is 1. The molecule has 0 saturated heterocycles. The van der Waals surface area contributed by atoms with Crippen LogP contribution < -0.4 is 0 Å². The van der Waals surface area contributed by atoms with Crippen molar-refractivity contribution in [1.29, 1.82) is 0 Å². The van der Waals surface area contributed by atoms with Crippen molar-refractivity contribution in [3.8, 4) is 11.5 Å². The minimum absolute atomic E-state index is 0.0177. The first-order valence-electron chi connectivity index (χ1n) is 5.26. The lowest BCUT2D eigenvalue weighted by atomic mass is 9.98. The number of phenolic OH excluding ortho intramolecular Hbond substituents is 2. The van der Waals surface area contributed by atoms with E-state index in [9.17, 15) is 19.8 Å². The SMILES string of the molecule is COC(=O)c1ccc(O)c2c(C(=O)O)ccc(O)c12. The molecule has 0 heterocycles. The second kappa shape index (κ2) is 4.49. The average Bonchev–Trinajstić information content (AvgIpc) is 2.38. The van der Waals surface area contributed by atoms with Gasteiger partial charge in [-0.3, -0.25) is 0 Å². The molecule has 0 saturated carbocycles. The minimum Gasteiger partial charge on any atom is -0.507 e. The van der Waals surface area contributed by atoms with Crippen molar-refractivity contribution >= 4 is 22.7 Å². The van der Waals surface area contributed by atoms with Gasteiger partial charge in [0.15, 0.2) is 0 Å². The minimum atomic E-state index is -1.28. The number of carbonyl (C=O) groups excluding carboxylic acids is 1. The third-order valence-electron chi connectivity index (χ3n) is 2.75. The number of carboxylic acid groups (broad SMARTS) is 1. The maximum atomic E-state index is 11.6. The van der Waals surface area contributed by atoms with E-state index < -0.39 is 11.9 Å². The summed E-state index contributed by atoms with van der Waals surface area (Å²) in [6, 6.07) is 4.74. The van der Waals surface area contributed by atoms with Gasteiger partial charge in [0.2, 0.25) is 0 Å². The van der Waals surface area contributed by atoms with Gasteiger partial charge in [0.05, 0.1) is 18.2 Å². The Labute approximate surface area is 107 Å². The van der Waals surface area contributed by atoms with Gasteiger partial charge in [-0.1, -0.05) is 0 Å². The summed E-state index contributed by atoms with van der Waals surface area (Å²) in [6.45, 7) is 0. The van der Waals surface area contributed by atoms with Crippen LogP contribution in [0.3, 0.4) is 0 Å². The van der Waals surface area contributed by atoms with Crippen LogP contribution in [0.1, 0.15) is 20.7 Å². The molecule has 3 N–H and O–H groups in total. The first-order valence-corrected chi connectivity index (χ1v) is 5.26. The highest BCUT2D eigenvalue weighted by Gasteiger charge is 2.20.